The van der Waals surface area contributed by atoms with E-state index < -0.39 is 10.0 Å². The van der Waals surface area contributed by atoms with Gasteiger partial charge in [0.05, 0.1) is 18.1 Å². The van der Waals surface area contributed by atoms with Crippen LogP contribution in [0.1, 0.15) is 18.1 Å². The van der Waals surface area contributed by atoms with E-state index in [1.54, 1.807) is 12.1 Å². The standard InChI is InChI=1S/C21H25BrN2O5S/c1-3-16-13-17(22)12-15(2)21(16)23-20(25)14-29-18-4-6-19(7-5-18)30(26,27)24-8-10-28-11-9-24/h4-7,12-13H,3,8-11,14H2,1-2H3,(H,23,25). The summed E-state index contributed by atoms with van der Waals surface area (Å²) in [6, 6.07) is 10.0. The molecule has 0 unspecified atom stereocenters. The van der Waals surface area contributed by atoms with Gasteiger partial charge < -0.3 is 14.8 Å². The van der Waals surface area contributed by atoms with Crippen molar-refractivity contribution in [3.63, 3.8) is 0 Å². The molecule has 1 fully saturated rings. The number of carbonyl (C=O) groups is 1. The van der Waals surface area contributed by atoms with Gasteiger partial charge in [-0.1, -0.05) is 22.9 Å². The van der Waals surface area contributed by atoms with Crippen LogP contribution < -0.4 is 10.1 Å². The molecule has 1 N–H and O–H groups in total. The average Bonchev–Trinajstić information content (AvgIpc) is 2.75. The van der Waals surface area contributed by atoms with Gasteiger partial charge in [-0.15, -0.1) is 0 Å². The molecule has 1 saturated heterocycles. The number of halogens is 1. The Bertz CT molecular complexity index is 1000. The molecule has 1 aliphatic heterocycles. The van der Waals surface area contributed by atoms with E-state index in [4.69, 9.17) is 9.47 Å². The van der Waals surface area contributed by atoms with Crippen molar-refractivity contribution < 1.29 is 22.7 Å². The molecular weight excluding hydrogens is 472 g/mol. The second kappa shape index (κ2) is 9.91. The molecule has 0 bridgehead atoms. The number of aryl methyl sites for hydroxylation is 2. The van der Waals surface area contributed by atoms with Crippen LogP contribution in [0.5, 0.6) is 5.75 Å². The third-order valence-corrected chi connectivity index (χ3v) is 7.20. The van der Waals surface area contributed by atoms with Crippen LogP contribution >= 0.6 is 15.9 Å². The number of nitrogens with zero attached hydrogens (tertiary/aromatic N) is 1. The fourth-order valence-corrected chi connectivity index (χ4v) is 5.27. The maximum Gasteiger partial charge on any atom is 0.262 e. The Morgan fingerprint density at radius 3 is 2.50 bits per heavy atom. The molecule has 1 amide bonds. The summed E-state index contributed by atoms with van der Waals surface area (Å²) in [5, 5.41) is 2.91. The Kier molecular flexibility index (Phi) is 7.51. The normalized spacial score (nSPS) is 15.0. The predicted molar refractivity (Wildman–Crippen MR) is 118 cm³/mol. The molecule has 30 heavy (non-hydrogen) atoms. The van der Waals surface area contributed by atoms with Crippen LogP contribution in [0.3, 0.4) is 0 Å². The van der Waals surface area contributed by atoms with E-state index in [1.807, 2.05) is 26.0 Å². The first-order valence-corrected chi connectivity index (χ1v) is 11.9. The van der Waals surface area contributed by atoms with Gasteiger partial charge in [0.15, 0.2) is 6.61 Å². The fourth-order valence-electron chi connectivity index (χ4n) is 3.24. The second-order valence-electron chi connectivity index (χ2n) is 6.94. The molecule has 9 heteroatoms. The lowest BCUT2D eigenvalue weighted by Crippen LogP contribution is -2.40. The number of ether oxygens (including phenoxy) is 2. The Labute approximate surface area is 185 Å². The molecule has 3 rings (SSSR count). The van der Waals surface area contributed by atoms with Crippen molar-refractivity contribution in [3.05, 3.63) is 52.0 Å². The molecule has 0 atom stereocenters. The van der Waals surface area contributed by atoms with Crippen LogP contribution in [-0.2, 0) is 26.0 Å². The number of anilines is 1. The first-order chi connectivity index (χ1) is 14.3. The van der Waals surface area contributed by atoms with E-state index in [0.717, 1.165) is 27.7 Å². The first-order valence-electron chi connectivity index (χ1n) is 9.71. The number of nitrogens with one attached hydrogen (secondary N) is 1. The van der Waals surface area contributed by atoms with Crippen molar-refractivity contribution in [1.82, 2.24) is 4.31 Å². The summed E-state index contributed by atoms with van der Waals surface area (Å²) < 4.78 is 38.4. The summed E-state index contributed by atoms with van der Waals surface area (Å²) in [4.78, 5) is 12.6. The number of sulfonamides is 1. The lowest BCUT2D eigenvalue weighted by atomic mass is 10.1. The van der Waals surface area contributed by atoms with Crippen molar-refractivity contribution in [2.75, 3.05) is 38.2 Å². The summed E-state index contributed by atoms with van der Waals surface area (Å²) >= 11 is 3.47. The molecule has 0 aromatic heterocycles. The summed E-state index contributed by atoms with van der Waals surface area (Å²) in [6.07, 6.45) is 0.788. The highest BCUT2D eigenvalue weighted by Gasteiger charge is 2.26. The molecule has 2 aromatic rings. The number of carbonyl (C=O) groups excluding carboxylic acids is 1. The van der Waals surface area contributed by atoms with Crippen LogP contribution in [0, 0.1) is 6.92 Å². The third-order valence-electron chi connectivity index (χ3n) is 4.83. The van der Waals surface area contributed by atoms with Crippen LogP contribution in [0.4, 0.5) is 5.69 Å². The number of hydrogen-bond donors (Lipinski definition) is 1. The Hall–Kier alpha value is -1.94. The minimum atomic E-state index is -3.55. The van der Waals surface area contributed by atoms with Crippen molar-refractivity contribution in [3.8, 4) is 5.75 Å². The van der Waals surface area contributed by atoms with E-state index in [0.29, 0.717) is 32.1 Å². The predicted octanol–water partition coefficient (Wildman–Crippen LogP) is 3.36. The molecule has 1 aliphatic rings. The molecule has 0 spiro atoms. The van der Waals surface area contributed by atoms with E-state index >= 15 is 0 Å². The Morgan fingerprint density at radius 1 is 1.20 bits per heavy atom. The number of rotatable bonds is 7. The molecule has 1 heterocycles. The van der Waals surface area contributed by atoms with Crippen molar-refractivity contribution >= 4 is 37.5 Å². The summed E-state index contributed by atoms with van der Waals surface area (Å²) in [6.45, 7) is 5.27. The SMILES string of the molecule is CCc1cc(Br)cc(C)c1NC(=O)COc1ccc(S(=O)(=O)N2CCOCC2)cc1. The topological polar surface area (TPSA) is 84.9 Å². The van der Waals surface area contributed by atoms with E-state index in [2.05, 4.69) is 21.2 Å². The number of hydrogen-bond acceptors (Lipinski definition) is 5. The van der Waals surface area contributed by atoms with E-state index in [9.17, 15) is 13.2 Å². The average molecular weight is 497 g/mol. The van der Waals surface area contributed by atoms with Gasteiger partial charge in [-0.2, -0.15) is 4.31 Å². The highest BCUT2D eigenvalue weighted by atomic mass is 79.9. The van der Waals surface area contributed by atoms with Crippen molar-refractivity contribution in [2.24, 2.45) is 0 Å². The van der Waals surface area contributed by atoms with E-state index in [-0.39, 0.29) is 17.4 Å². The zero-order valence-electron chi connectivity index (χ0n) is 17.0. The van der Waals surface area contributed by atoms with Crippen LogP contribution in [0.2, 0.25) is 0 Å². The highest BCUT2D eigenvalue weighted by Crippen LogP contribution is 2.26. The largest absolute Gasteiger partial charge is 0.484 e. The van der Waals surface area contributed by atoms with Crippen LogP contribution in [0.15, 0.2) is 45.8 Å². The molecule has 0 aliphatic carbocycles. The van der Waals surface area contributed by atoms with Crippen LogP contribution in [0.25, 0.3) is 0 Å². The zero-order valence-corrected chi connectivity index (χ0v) is 19.4. The maximum absolute atomic E-state index is 12.6. The van der Waals surface area contributed by atoms with Gasteiger partial charge in [0.2, 0.25) is 10.0 Å². The summed E-state index contributed by atoms with van der Waals surface area (Å²) in [5.74, 6) is 0.148. The monoisotopic (exact) mass is 496 g/mol. The van der Waals surface area contributed by atoms with Crippen LogP contribution in [-0.4, -0.2) is 51.5 Å². The zero-order chi connectivity index (χ0) is 21.7. The maximum atomic E-state index is 12.6. The highest BCUT2D eigenvalue weighted by molar-refractivity contribution is 9.10. The minimum Gasteiger partial charge on any atom is -0.484 e. The van der Waals surface area contributed by atoms with Crippen molar-refractivity contribution in [1.29, 1.82) is 0 Å². The molecular formula is C21H25BrN2O5S. The Balaban J connectivity index is 1.61. The number of morpholine rings is 1. The number of benzene rings is 2. The molecule has 7 nitrogen and oxygen atoms in total. The molecule has 162 valence electrons. The van der Waals surface area contributed by atoms with Gasteiger partial charge in [0.25, 0.3) is 5.91 Å². The van der Waals surface area contributed by atoms with Gasteiger partial charge in [0, 0.05) is 23.2 Å². The van der Waals surface area contributed by atoms with E-state index in [1.165, 1.54) is 16.4 Å². The first kappa shape index (κ1) is 22.7. The van der Waals surface area contributed by atoms with Gasteiger partial charge in [-0.3, -0.25) is 4.79 Å². The van der Waals surface area contributed by atoms with Gasteiger partial charge >= 0.3 is 0 Å². The van der Waals surface area contributed by atoms with Crippen molar-refractivity contribution in [2.45, 2.75) is 25.2 Å². The quantitative estimate of drug-likeness (QED) is 0.635. The smallest absolute Gasteiger partial charge is 0.262 e. The second-order valence-corrected chi connectivity index (χ2v) is 9.79. The van der Waals surface area contributed by atoms with Gasteiger partial charge in [-0.25, -0.2) is 8.42 Å². The lowest BCUT2D eigenvalue weighted by molar-refractivity contribution is -0.118. The lowest BCUT2D eigenvalue weighted by Gasteiger charge is -2.26. The number of amides is 1. The summed E-state index contributed by atoms with van der Waals surface area (Å²) in [5.41, 5.74) is 2.79. The fraction of sp³-hybridized carbons (Fsp3) is 0.381. The molecule has 2 aromatic carbocycles. The Morgan fingerprint density at radius 2 is 1.87 bits per heavy atom. The molecule has 0 radical (unpaired) electrons. The van der Waals surface area contributed by atoms with Gasteiger partial charge in [-0.05, 0) is 60.9 Å². The minimum absolute atomic E-state index is 0.172. The summed E-state index contributed by atoms with van der Waals surface area (Å²) in [7, 11) is -3.55. The third kappa shape index (κ3) is 5.40. The molecule has 0 saturated carbocycles. The van der Waals surface area contributed by atoms with Gasteiger partial charge in [0.1, 0.15) is 5.75 Å².